The molecule has 0 aliphatic carbocycles. The minimum absolute atomic E-state index is 0.524. The van der Waals surface area contributed by atoms with Crippen LogP contribution < -0.4 is 0 Å². The van der Waals surface area contributed by atoms with Gasteiger partial charge in [-0.05, 0) is 81.3 Å². The Kier molecular flexibility index (Phi) is 10.6. The van der Waals surface area contributed by atoms with Crippen LogP contribution in [0.25, 0.3) is 95.5 Å². The van der Waals surface area contributed by atoms with E-state index in [1.54, 1.807) is 0 Å². The van der Waals surface area contributed by atoms with Gasteiger partial charge in [0.05, 0.1) is 23.3 Å². The Morgan fingerprint density at radius 1 is 0.578 bits per heavy atom. The molecule has 10 rings (SSSR count). The summed E-state index contributed by atoms with van der Waals surface area (Å²) in [6.45, 7) is 13.0. The lowest BCUT2D eigenvalue weighted by Crippen LogP contribution is -2.11. The highest BCUT2D eigenvalue weighted by molar-refractivity contribution is 6.13. The number of rotatable bonds is 11. The van der Waals surface area contributed by atoms with Crippen LogP contribution >= 0.6 is 0 Å². The summed E-state index contributed by atoms with van der Waals surface area (Å²) in [6, 6.07) is 53.5. The molecular formula is C58H48N6. The third kappa shape index (κ3) is 6.90. The highest BCUT2D eigenvalue weighted by Gasteiger charge is 2.24. The van der Waals surface area contributed by atoms with Gasteiger partial charge in [-0.3, -0.25) is 0 Å². The van der Waals surface area contributed by atoms with E-state index < -0.39 is 0 Å². The first-order chi connectivity index (χ1) is 31.5. The molecule has 0 aliphatic rings. The van der Waals surface area contributed by atoms with Crippen molar-refractivity contribution in [2.75, 3.05) is 0 Å². The van der Waals surface area contributed by atoms with Crippen LogP contribution in [0.2, 0.25) is 0 Å². The summed E-state index contributed by atoms with van der Waals surface area (Å²) in [5, 5.41) is 4.74. The van der Waals surface area contributed by atoms with Crippen molar-refractivity contribution in [1.29, 1.82) is 0 Å². The van der Waals surface area contributed by atoms with Crippen LogP contribution in [0.15, 0.2) is 189 Å². The lowest BCUT2D eigenvalue weighted by atomic mass is 10.1. The molecule has 0 unspecified atom stereocenters. The second-order valence-electron chi connectivity index (χ2n) is 16.0. The number of hydrogen-bond donors (Lipinski definition) is 0. The quantitative estimate of drug-likeness (QED) is 0.122. The monoisotopic (exact) mass is 828 g/mol. The summed E-state index contributed by atoms with van der Waals surface area (Å²) in [7, 11) is 0. The normalized spacial score (nSPS) is 12.6. The predicted molar refractivity (Wildman–Crippen MR) is 270 cm³/mol. The third-order valence-corrected chi connectivity index (χ3v) is 12.2. The molecule has 10 aromatic rings. The van der Waals surface area contributed by atoms with Crippen molar-refractivity contribution in [1.82, 2.24) is 28.7 Å². The highest BCUT2D eigenvalue weighted by atomic mass is 15.1. The topological polar surface area (TPSA) is 53.5 Å². The largest absolute Gasteiger partial charge is 0.334 e. The SMILES string of the molecule is C=C/C=C\c1c(C)c(/C=C\C)n(-c2ccc3c(c2)c2ccccc2n3/C(Cn2c3ccccc3c3ccccc32)=C(/C=C\C)c2nc(-c3ccccc3)nc(-c3ccccc3)n2)c1C. The zero-order chi connectivity index (χ0) is 43.7. The van der Waals surface area contributed by atoms with E-state index in [9.17, 15) is 0 Å². The van der Waals surface area contributed by atoms with Gasteiger partial charge in [-0.25, -0.2) is 15.0 Å². The summed E-state index contributed by atoms with van der Waals surface area (Å²) >= 11 is 0. The van der Waals surface area contributed by atoms with Crippen molar-refractivity contribution >= 4 is 67.0 Å². The first kappa shape index (κ1) is 40.0. The van der Waals surface area contributed by atoms with Gasteiger partial charge < -0.3 is 13.7 Å². The molecule has 4 heterocycles. The van der Waals surface area contributed by atoms with Gasteiger partial charge >= 0.3 is 0 Å². The first-order valence-electron chi connectivity index (χ1n) is 21.9. The standard InChI is InChI=1S/C58H48N6/c1-6-9-28-44-39(4)50(23-8-3)63(40(44)5)43-35-36-54-49(37-43)47-31-18-21-34-53(47)64(54)55(38-62-51-32-19-16-29-45(51)46-30-17-20-33-52(46)62)48(22-7-2)58-60-56(41-24-12-10-13-25-41)59-57(61-58)42-26-14-11-15-27-42/h6-37H,1,38H2,2-5H3/b22-7-,23-8-,28-9-,55-48-. The Hall–Kier alpha value is -8.09. The van der Waals surface area contributed by atoms with Crippen molar-refractivity contribution in [3.05, 3.63) is 217 Å². The fourth-order valence-corrected chi connectivity index (χ4v) is 9.36. The van der Waals surface area contributed by atoms with Crippen molar-refractivity contribution in [2.45, 2.75) is 34.2 Å². The molecule has 0 saturated carbocycles. The average molecular weight is 829 g/mol. The van der Waals surface area contributed by atoms with Crippen LogP contribution in [0.4, 0.5) is 0 Å². The third-order valence-electron chi connectivity index (χ3n) is 12.2. The maximum Gasteiger partial charge on any atom is 0.165 e. The number of hydrogen-bond acceptors (Lipinski definition) is 3. The Bertz CT molecular complexity index is 3410. The molecule has 0 saturated heterocycles. The number of para-hydroxylation sites is 3. The number of benzene rings is 6. The molecule has 0 fully saturated rings. The maximum atomic E-state index is 5.34. The molecule has 0 amide bonds. The van der Waals surface area contributed by atoms with E-state index in [2.05, 4.69) is 194 Å². The minimum Gasteiger partial charge on any atom is -0.334 e. The number of fused-ring (bicyclic) bond motifs is 6. The number of nitrogens with zero attached hydrogens (tertiary/aromatic N) is 6. The van der Waals surface area contributed by atoms with Crippen molar-refractivity contribution in [3.63, 3.8) is 0 Å². The van der Waals surface area contributed by atoms with Gasteiger partial charge in [0.15, 0.2) is 17.5 Å². The molecule has 0 N–H and O–H groups in total. The number of aromatic nitrogens is 6. The highest BCUT2D eigenvalue weighted by Crippen LogP contribution is 2.40. The Morgan fingerprint density at radius 3 is 1.70 bits per heavy atom. The van der Waals surface area contributed by atoms with E-state index >= 15 is 0 Å². The van der Waals surface area contributed by atoms with E-state index in [1.165, 1.54) is 27.6 Å². The van der Waals surface area contributed by atoms with Crippen LogP contribution in [-0.2, 0) is 6.54 Å². The Labute approximate surface area is 373 Å². The molecule has 0 atom stereocenters. The van der Waals surface area contributed by atoms with Crippen molar-refractivity contribution < 1.29 is 0 Å². The summed E-state index contributed by atoms with van der Waals surface area (Å²) in [5.41, 5.74) is 14.1. The molecule has 6 aromatic carbocycles. The van der Waals surface area contributed by atoms with Crippen LogP contribution in [0.1, 0.15) is 42.2 Å². The van der Waals surface area contributed by atoms with Gasteiger partial charge in [-0.1, -0.05) is 158 Å². The van der Waals surface area contributed by atoms with Crippen LogP contribution in [0.3, 0.4) is 0 Å². The van der Waals surface area contributed by atoms with Crippen LogP contribution in [-0.4, -0.2) is 28.7 Å². The summed E-state index contributed by atoms with van der Waals surface area (Å²) < 4.78 is 7.27. The average Bonchev–Trinajstić information content (AvgIpc) is 3.93. The Morgan fingerprint density at radius 2 is 1.12 bits per heavy atom. The smallest absolute Gasteiger partial charge is 0.165 e. The molecule has 6 heteroatoms. The van der Waals surface area contributed by atoms with E-state index in [-0.39, 0.29) is 0 Å². The molecule has 64 heavy (non-hydrogen) atoms. The second-order valence-corrected chi connectivity index (χ2v) is 16.0. The Balaban J connectivity index is 1.31. The van der Waals surface area contributed by atoms with Gasteiger partial charge in [0.1, 0.15) is 0 Å². The molecule has 310 valence electrons. The van der Waals surface area contributed by atoms with Crippen LogP contribution in [0.5, 0.6) is 0 Å². The fraction of sp³-hybridized carbons (Fsp3) is 0.0862. The summed E-state index contributed by atoms with van der Waals surface area (Å²) in [5.74, 6) is 1.83. The fourth-order valence-electron chi connectivity index (χ4n) is 9.36. The lowest BCUT2D eigenvalue weighted by Gasteiger charge is -2.20. The lowest BCUT2D eigenvalue weighted by molar-refractivity contribution is 0.874. The van der Waals surface area contributed by atoms with E-state index in [0.29, 0.717) is 24.0 Å². The molecule has 6 nitrogen and oxygen atoms in total. The van der Waals surface area contributed by atoms with Gasteiger partial charge in [-0.15, -0.1) is 0 Å². The van der Waals surface area contributed by atoms with Crippen molar-refractivity contribution in [3.8, 4) is 28.5 Å². The predicted octanol–water partition coefficient (Wildman–Crippen LogP) is 14.7. The summed E-state index contributed by atoms with van der Waals surface area (Å²) in [6.07, 6.45) is 14.6. The molecule has 0 aliphatic heterocycles. The van der Waals surface area contributed by atoms with Gasteiger partial charge in [-0.2, -0.15) is 0 Å². The van der Waals surface area contributed by atoms with Crippen molar-refractivity contribution in [2.24, 2.45) is 0 Å². The van der Waals surface area contributed by atoms with E-state index in [4.69, 9.17) is 15.0 Å². The van der Waals surface area contributed by atoms with Gasteiger partial charge in [0.25, 0.3) is 0 Å². The van der Waals surface area contributed by atoms with Crippen LogP contribution in [0, 0.1) is 13.8 Å². The van der Waals surface area contributed by atoms with E-state index in [0.717, 1.165) is 66.6 Å². The maximum absolute atomic E-state index is 5.34. The molecule has 0 bridgehead atoms. The zero-order valence-electron chi connectivity index (χ0n) is 36.6. The van der Waals surface area contributed by atoms with E-state index in [1.807, 2.05) is 48.6 Å². The second kappa shape index (κ2) is 17.0. The molecule has 0 radical (unpaired) electrons. The van der Waals surface area contributed by atoms with Gasteiger partial charge in [0.2, 0.25) is 0 Å². The summed E-state index contributed by atoms with van der Waals surface area (Å²) in [4.78, 5) is 15.8. The molecular weight excluding hydrogens is 781 g/mol. The number of allylic oxidation sites excluding steroid dienone is 7. The van der Waals surface area contributed by atoms with Gasteiger partial charge in [0, 0.05) is 66.4 Å². The minimum atomic E-state index is 0.524. The molecule has 0 spiro atoms. The zero-order valence-corrected chi connectivity index (χ0v) is 36.6. The first-order valence-corrected chi connectivity index (χ1v) is 21.9. The molecule has 4 aromatic heterocycles.